The normalized spacial score (nSPS) is 11.7. The Kier molecular flexibility index (Phi) is 8.93. The van der Waals surface area contributed by atoms with E-state index in [0.717, 1.165) is 31.1 Å². The molecule has 0 aliphatic carbocycles. The van der Waals surface area contributed by atoms with Crippen molar-refractivity contribution in [2.45, 2.75) is 66.0 Å². The van der Waals surface area contributed by atoms with E-state index in [2.05, 4.69) is 15.9 Å². The minimum atomic E-state index is -1.51. The van der Waals surface area contributed by atoms with E-state index in [0.29, 0.717) is 17.8 Å². The molecule has 1 aromatic carbocycles. The van der Waals surface area contributed by atoms with Gasteiger partial charge in [0.15, 0.2) is 0 Å². The summed E-state index contributed by atoms with van der Waals surface area (Å²) in [6.07, 6.45) is 0.885. The van der Waals surface area contributed by atoms with E-state index < -0.39 is 23.1 Å². The number of carbonyl (C=O) groups excluding carboxylic acids is 3. The van der Waals surface area contributed by atoms with Crippen molar-refractivity contribution in [1.29, 1.82) is 0 Å². The van der Waals surface area contributed by atoms with Gasteiger partial charge in [0.25, 0.3) is 0 Å². The van der Waals surface area contributed by atoms with Crippen LogP contribution in [0.1, 0.15) is 51.3 Å². The van der Waals surface area contributed by atoms with E-state index >= 15 is 0 Å². The first kappa shape index (κ1) is 27.9. The summed E-state index contributed by atoms with van der Waals surface area (Å²) in [5.74, 6) is 0.0573. The molecule has 34 heavy (non-hydrogen) atoms. The summed E-state index contributed by atoms with van der Waals surface area (Å²) in [6.45, 7) is 12.4. The fourth-order valence-corrected chi connectivity index (χ4v) is 5.10. The number of esters is 1. The summed E-state index contributed by atoms with van der Waals surface area (Å²) in [7, 11) is 1.60. The largest absolute Gasteiger partial charge is 0.496 e. The van der Waals surface area contributed by atoms with Crippen LogP contribution in [0.5, 0.6) is 5.75 Å². The maximum Gasteiger partial charge on any atom is 0.332 e. The third-order valence-electron chi connectivity index (χ3n) is 5.45. The second kappa shape index (κ2) is 10.9. The number of halogens is 1. The highest BCUT2D eigenvalue weighted by Crippen LogP contribution is 2.39. The number of benzene rings is 1. The maximum atomic E-state index is 13.8. The number of imide groups is 1. The Morgan fingerprint density at radius 1 is 1.09 bits per heavy atom. The number of thiophene rings is 1. The van der Waals surface area contributed by atoms with Gasteiger partial charge in [0.05, 0.1) is 10.9 Å². The number of carbonyl (C=O) groups is 3. The highest BCUT2D eigenvalue weighted by Gasteiger charge is 2.43. The van der Waals surface area contributed by atoms with Crippen LogP contribution in [-0.2, 0) is 20.7 Å². The molecule has 0 unspecified atom stereocenters. The highest BCUT2D eigenvalue weighted by molar-refractivity contribution is 9.11. The zero-order valence-corrected chi connectivity index (χ0v) is 23.4. The van der Waals surface area contributed by atoms with E-state index in [4.69, 9.17) is 9.47 Å². The summed E-state index contributed by atoms with van der Waals surface area (Å²) in [6, 6.07) is 6.99. The molecule has 0 atom stereocenters. The molecule has 0 aliphatic rings. The summed E-state index contributed by atoms with van der Waals surface area (Å²) in [5, 5.41) is 0.705. The van der Waals surface area contributed by atoms with E-state index in [1.54, 1.807) is 32.8 Å². The number of anilines is 1. The molecule has 0 fully saturated rings. The van der Waals surface area contributed by atoms with Gasteiger partial charge in [-0.3, -0.25) is 9.69 Å². The monoisotopic (exact) mass is 552 g/mol. The van der Waals surface area contributed by atoms with Crippen LogP contribution < -0.4 is 9.64 Å². The van der Waals surface area contributed by atoms with Crippen LogP contribution in [0.3, 0.4) is 0 Å². The number of urea groups is 1. The minimum Gasteiger partial charge on any atom is -0.496 e. The Morgan fingerprint density at radius 2 is 1.71 bits per heavy atom. The highest BCUT2D eigenvalue weighted by atomic mass is 79.9. The molecular formula is C25H33BrN2O5S. The summed E-state index contributed by atoms with van der Waals surface area (Å²) in [4.78, 5) is 41.4. The van der Waals surface area contributed by atoms with Gasteiger partial charge < -0.3 is 9.47 Å². The summed E-state index contributed by atoms with van der Waals surface area (Å²) in [5.41, 5.74) is 0.593. The molecule has 2 aromatic rings. The summed E-state index contributed by atoms with van der Waals surface area (Å²) >= 11 is 4.97. The maximum absolute atomic E-state index is 13.8. The first-order valence-corrected chi connectivity index (χ1v) is 12.5. The number of para-hydroxylation sites is 1. The lowest BCUT2D eigenvalue weighted by Gasteiger charge is -2.37. The predicted molar refractivity (Wildman–Crippen MR) is 139 cm³/mol. The fourth-order valence-electron chi connectivity index (χ4n) is 3.28. The molecule has 0 bridgehead atoms. The van der Waals surface area contributed by atoms with Crippen LogP contribution in [0.4, 0.5) is 9.80 Å². The van der Waals surface area contributed by atoms with Crippen molar-refractivity contribution in [3.63, 3.8) is 0 Å². The molecule has 1 aromatic heterocycles. The quantitative estimate of drug-likeness (QED) is 0.301. The molecular weight excluding hydrogens is 520 g/mol. The lowest BCUT2D eigenvalue weighted by atomic mass is 10.0. The van der Waals surface area contributed by atoms with Gasteiger partial charge in [-0.1, -0.05) is 18.2 Å². The lowest BCUT2D eigenvalue weighted by molar-refractivity contribution is -0.167. The minimum absolute atomic E-state index is 0.279. The van der Waals surface area contributed by atoms with Crippen LogP contribution in [0.15, 0.2) is 28.1 Å². The van der Waals surface area contributed by atoms with E-state index in [1.165, 1.54) is 25.2 Å². The van der Waals surface area contributed by atoms with Crippen LogP contribution in [-0.4, -0.2) is 48.1 Å². The number of rotatable bonds is 8. The second-order valence-corrected chi connectivity index (χ2v) is 11.8. The molecule has 1 heterocycles. The number of amides is 3. The zero-order valence-electron chi connectivity index (χ0n) is 21.0. The van der Waals surface area contributed by atoms with E-state index in [-0.39, 0.29) is 6.54 Å². The molecule has 2 rings (SSSR count). The summed E-state index contributed by atoms with van der Waals surface area (Å²) < 4.78 is 11.9. The van der Waals surface area contributed by atoms with Gasteiger partial charge >= 0.3 is 12.0 Å². The van der Waals surface area contributed by atoms with Crippen molar-refractivity contribution in [3.05, 3.63) is 44.7 Å². The Hall–Kier alpha value is -2.39. The van der Waals surface area contributed by atoms with Crippen LogP contribution in [0, 0.1) is 13.8 Å². The standard InChI is InChI=1S/C25H33BrN2O5S/c1-16-17(2)21(34-20(16)26)27(14-13-18-11-9-10-12-19(18)32-8)23(31)28(15-29)25(6,7)22(30)33-24(3,4)5/h9-12,15H,13-14H2,1-8H3. The van der Waals surface area contributed by atoms with Crippen LogP contribution >= 0.6 is 27.3 Å². The first-order valence-electron chi connectivity index (χ1n) is 10.9. The first-order chi connectivity index (χ1) is 15.7. The molecule has 3 amide bonds. The molecule has 0 spiro atoms. The lowest BCUT2D eigenvalue weighted by Crippen LogP contribution is -2.58. The second-order valence-electron chi connectivity index (χ2n) is 9.46. The Labute approximate surface area is 214 Å². The van der Waals surface area contributed by atoms with Gasteiger partial charge in [0, 0.05) is 6.54 Å². The third-order valence-corrected chi connectivity index (χ3v) is 7.74. The topological polar surface area (TPSA) is 76.2 Å². The third kappa shape index (κ3) is 6.18. The SMILES string of the molecule is COc1ccccc1CCN(C(=O)N(C=O)C(C)(C)C(=O)OC(C)(C)C)c1sc(Br)c(C)c1C. The van der Waals surface area contributed by atoms with Crippen molar-refractivity contribution in [3.8, 4) is 5.75 Å². The van der Waals surface area contributed by atoms with Crippen molar-refractivity contribution < 1.29 is 23.9 Å². The molecule has 0 N–H and O–H groups in total. The average Bonchev–Trinajstić information content (AvgIpc) is 3.00. The van der Waals surface area contributed by atoms with Gasteiger partial charge in [-0.25, -0.2) is 14.5 Å². The molecule has 0 aliphatic heterocycles. The smallest absolute Gasteiger partial charge is 0.332 e. The van der Waals surface area contributed by atoms with E-state index in [1.807, 2.05) is 38.1 Å². The average molecular weight is 554 g/mol. The molecule has 7 nitrogen and oxygen atoms in total. The van der Waals surface area contributed by atoms with Gasteiger partial charge in [-0.2, -0.15) is 0 Å². The molecule has 9 heteroatoms. The van der Waals surface area contributed by atoms with Gasteiger partial charge in [-0.15, -0.1) is 11.3 Å². The van der Waals surface area contributed by atoms with Crippen molar-refractivity contribution in [1.82, 2.24) is 4.90 Å². The van der Waals surface area contributed by atoms with Crippen molar-refractivity contribution in [2.75, 3.05) is 18.6 Å². The molecule has 0 saturated heterocycles. The van der Waals surface area contributed by atoms with Crippen LogP contribution in [0.25, 0.3) is 0 Å². The molecule has 0 radical (unpaired) electrons. The number of methoxy groups -OCH3 is 1. The molecule has 0 saturated carbocycles. The van der Waals surface area contributed by atoms with Gasteiger partial charge in [-0.05, 0) is 93.6 Å². The number of ether oxygens (including phenoxy) is 2. The zero-order chi connectivity index (χ0) is 25.8. The van der Waals surface area contributed by atoms with Gasteiger partial charge in [0.2, 0.25) is 6.41 Å². The Balaban J connectivity index is 2.47. The number of hydrogen-bond donors (Lipinski definition) is 0. The predicted octanol–water partition coefficient (Wildman–Crippen LogP) is 5.88. The van der Waals surface area contributed by atoms with E-state index in [9.17, 15) is 14.4 Å². The number of nitrogens with zero attached hydrogens (tertiary/aromatic N) is 2. The Bertz CT molecular complexity index is 1060. The molecule has 186 valence electrons. The van der Waals surface area contributed by atoms with Crippen molar-refractivity contribution >= 4 is 50.7 Å². The number of hydrogen-bond acceptors (Lipinski definition) is 6. The van der Waals surface area contributed by atoms with Gasteiger partial charge in [0.1, 0.15) is 21.9 Å². The van der Waals surface area contributed by atoms with Crippen molar-refractivity contribution in [2.24, 2.45) is 0 Å². The Morgan fingerprint density at radius 3 is 2.21 bits per heavy atom. The fraction of sp³-hybridized carbons (Fsp3) is 0.480. The van der Waals surface area contributed by atoms with Crippen LogP contribution in [0.2, 0.25) is 0 Å².